The molecule has 3 aromatic rings. The summed E-state index contributed by atoms with van der Waals surface area (Å²) in [5, 5.41) is 12.8. The fraction of sp³-hybridized carbons (Fsp3) is 0.250. The Balaban J connectivity index is 1.90. The van der Waals surface area contributed by atoms with Gasteiger partial charge in [-0.15, -0.1) is 0 Å². The molecule has 0 saturated heterocycles. The van der Waals surface area contributed by atoms with Crippen molar-refractivity contribution in [1.29, 1.82) is 0 Å². The van der Waals surface area contributed by atoms with Crippen LogP contribution in [0.1, 0.15) is 30.0 Å². The highest BCUT2D eigenvalue weighted by atomic mass is 16.5. The van der Waals surface area contributed by atoms with Crippen molar-refractivity contribution in [2.45, 2.75) is 20.3 Å². The van der Waals surface area contributed by atoms with Crippen LogP contribution in [0.15, 0.2) is 72.8 Å². The predicted octanol–water partition coefficient (Wildman–Crippen LogP) is 5.60. The second kappa shape index (κ2) is 11.3. The molecule has 172 valence electrons. The minimum absolute atomic E-state index is 0.164. The van der Waals surface area contributed by atoms with Gasteiger partial charge in [0.05, 0.1) is 5.57 Å². The third kappa shape index (κ3) is 6.70. The van der Waals surface area contributed by atoms with E-state index in [1.165, 1.54) is 0 Å². The number of hydrogen-bond donors (Lipinski definition) is 2. The number of rotatable bonds is 9. The Morgan fingerprint density at radius 3 is 2.09 bits per heavy atom. The Bertz CT molecular complexity index is 1080. The van der Waals surface area contributed by atoms with Crippen LogP contribution in [0.4, 0.5) is 5.69 Å². The molecule has 3 aromatic carbocycles. The number of nitrogens with one attached hydrogen (secondary N) is 1. The molecule has 0 fully saturated rings. The van der Waals surface area contributed by atoms with E-state index in [-0.39, 0.29) is 11.7 Å². The number of carbonyl (C=O) groups is 1. The second-order valence-electron chi connectivity index (χ2n) is 8.25. The maximum absolute atomic E-state index is 13.5. The van der Waals surface area contributed by atoms with E-state index in [2.05, 4.69) is 10.2 Å². The van der Waals surface area contributed by atoms with Gasteiger partial charge in [-0.2, -0.15) is 0 Å². The first kappa shape index (κ1) is 24.1. The first-order chi connectivity index (χ1) is 15.9. The topological polar surface area (TPSA) is 61.8 Å². The van der Waals surface area contributed by atoms with Gasteiger partial charge in [-0.1, -0.05) is 48.9 Å². The highest BCUT2D eigenvalue weighted by molar-refractivity contribution is 6.31. The number of anilines is 1. The van der Waals surface area contributed by atoms with Crippen molar-refractivity contribution in [2.24, 2.45) is 0 Å². The molecule has 0 unspecified atom stereocenters. The second-order valence-corrected chi connectivity index (χ2v) is 8.25. The molecule has 3 rings (SSSR count). The van der Waals surface area contributed by atoms with Crippen LogP contribution in [0.2, 0.25) is 0 Å². The third-order valence-electron chi connectivity index (χ3n) is 5.36. The molecule has 0 radical (unpaired) electrons. The summed E-state index contributed by atoms with van der Waals surface area (Å²) in [4.78, 5) is 15.6. The van der Waals surface area contributed by atoms with Crippen molar-refractivity contribution in [2.75, 3.05) is 32.6 Å². The van der Waals surface area contributed by atoms with Gasteiger partial charge in [0.1, 0.15) is 18.1 Å². The van der Waals surface area contributed by atoms with E-state index in [9.17, 15) is 9.90 Å². The Morgan fingerprint density at radius 2 is 1.52 bits per heavy atom. The third-order valence-corrected chi connectivity index (χ3v) is 5.36. The summed E-state index contributed by atoms with van der Waals surface area (Å²) in [6.07, 6.45) is 0.686. The van der Waals surface area contributed by atoms with Gasteiger partial charge in [0.25, 0.3) is 5.91 Å². The minimum atomic E-state index is -0.195. The van der Waals surface area contributed by atoms with E-state index in [1.54, 1.807) is 24.3 Å². The monoisotopic (exact) mass is 444 g/mol. The summed E-state index contributed by atoms with van der Waals surface area (Å²) < 4.78 is 5.74. The van der Waals surface area contributed by atoms with Gasteiger partial charge in [-0.3, -0.25) is 4.79 Å². The summed E-state index contributed by atoms with van der Waals surface area (Å²) in [7, 11) is 4.00. The quantitative estimate of drug-likeness (QED) is 0.333. The van der Waals surface area contributed by atoms with Gasteiger partial charge >= 0.3 is 0 Å². The Morgan fingerprint density at radius 1 is 0.909 bits per heavy atom. The van der Waals surface area contributed by atoms with Crippen LogP contribution < -0.4 is 10.1 Å². The molecule has 0 aliphatic rings. The molecule has 2 N–H and O–H groups in total. The van der Waals surface area contributed by atoms with Gasteiger partial charge in [0.2, 0.25) is 0 Å². The molecule has 0 bridgehead atoms. The predicted molar refractivity (Wildman–Crippen MR) is 136 cm³/mol. The standard InChI is InChI=1S/C28H32N2O3/c1-5-26(21-8-6-20(2)7-9-21)27(22-10-14-24(31)15-11-22)28(32)29-23-12-16-25(17-13-23)33-19-18-30(3)4/h6-17,31H,5,18-19H2,1-4H3,(H,29,32)/b27-26+. The highest BCUT2D eigenvalue weighted by Gasteiger charge is 2.19. The van der Waals surface area contributed by atoms with E-state index in [0.29, 0.717) is 24.3 Å². The average molecular weight is 445 g/mol. The Kier molecular flexibility index (Phi) is 8.28. The number of aryl methyl sites for hydroxylation is 1. The van der Waals surface area contributed by atoms with E-state index >= 15 is 0 Å². The molecule has 0 atom stereocenters. The zero-order chi connectivity index (χ0) is 23.8. The number of phenolic OH excluding ortho intramolecular Hbond substituents is 1. The maximum Gasteiger partial charge on any atom is 0.256 e. The lowest BCUT2D eigenvalue weighted by atomic mass is 9.91. The fourth-order valence-electron chi connectivity index (χ4n) is 3.52. The van der Waals surface area contributed by atoms with Crippen molar-refractivity contribution in [3.05, 3.63) is 89.5 Å². The van der Waals surface area contributed by atoms with Crippen molar-refractivity contribution in [3.8, 4) is 11.5 Å². The number of ether oxygens (including phenoxy) is 1. The smallest absolute Gasteiger partial charge is 0.256 e. The number of carbonyl (C=O) groups excluding carboxylic acids is 1. The number of hydrogen-bond acceptors (Lipinski definition) is 4. The van der Waals surface area contributed by atoms with E-state index in [4.69, 9.17) is 4.74 Å². The molecule has 5 heteroatoms. The van der Waals surface area contributed by atoms with Gasteiger partial charge < -0.3 is 20.1 Å². The molecule has 0 heterocycles. The van der Waals surface area contributed by atoms with Gasteiger partial charge in [0.15, 0.2) is 0 Å². The maximum atomic E-state index is 13.5. The van der Waals surface area contributed by atoms with E-state index in [0.717, 1.165) is 34.6 Å². The number of amides is 1. The number of nitrogens with zero attached hydrogens (tertiary/aromatic N) is 1. The molecule has 0 saturated carbocycles. The fourth-order valence-corrected chi connectivity index (χ4v) is 3.52. The van der Waals surface area contributed by atoms with Crippen molar-refractivity contribution in [1.82, 2.24) is 4.90 Å². The molecular weight excluding hydrogens is 412 g/mol. The normalized spacial score (nSPS) is 11.8. The molecular formula is C28H32N2O3. The van der Waals surface area contributed by atoms with Gasteiger partial charge in [-0.25, -0.2) is 0 Å². The lowest BCUT2D eigenvalue weighted by Crippen LogP contribution is -2.19. The molecule has 0 aromatic heterocycles. The summed E-state index contributed by atoms with van der Waals surface area (Å²) in [5.74, 6) is 0.731. The Hall–Kier alpha value is -3.57. The number of likely N-dealkylation sites (N-methyl/N-ethyl adjacent to an activating group) is 1. The summed E-state index contributed by atoms with van der Waals surface area (Å²) in [5.41, 5.74) is 5.15. The lowest BCUT2D eigenvalue weighted by Gasteiger charge is -2.16. The summed E-state index contributed by atoms with van der Waals surface area (Å²) in [6.45, 7) is 5.52. The number of allylic oxidation sites excluding steroid dienone is 1. The first-order valence-corrected chi connectivity index (χ1v) is 11.2. The Labute approximate surface area is 196 Å². The van der Waals surface area contributed by atoms with Crippen LogP contribution in [0, 0.1) is 6.92 Å². The van der Waals surface area contributed by atoms with Crippen LogP contribution in [0.25, 0.3) is 11.1 Å². The molecule has 0 aliphatic carbocycles. The number of phenols is 1. The molecule has 0 spiro atoms. The zero-order valence-electron chi connectivity index (χ0n) is 19.8. The van der Waals surface area contributed by atoms with Crippen molar-refractivity contribution < 1.29 is 14.6 Å². The van der Waals surface area contributed by atoms with Crippen LogP contribution in [-0.2, 0) is 4.79 Å². The van der Waals surface area contributed by atoms with Crippen molar-refractivity contribution in [3.63, 3.8) is 0 Å². The number of aromatic hydroxyl groups is 1. The van der Waals surface area contributed by atoms with Gasteiger partial charge in [-0.05, 0) is 80.5 Å². The van der Waals surface area contributed by atoms with Crippen LogP contribution in [-0.4, -0.2) is 43.2 Å². The van der Waals surface area contributed by atoms with Crippen LogP contribution >= 0.6 is 0 Å². The van der Waals surface area contributed by atoms with Gasteiger partial charge in [0, 0.05) is 12.2 Å². The van der Waals surface area contributed by atoms with Crippen molar-refractivity contribution >= 4 is 22.7 Å². The average Bonchev–Trinajstić information content (AvgIpc) is 2.80. The molecule has 0 aliphatic heterocycles. The SMILES string of the molecule is CC/C(=C(\C(=O)Nc1ccc(OCCN(C)C)cc1)c1ccc(O)cc1)c1ccc(C)cc1. The molecule has 33 heavy (non-hydrogen) atoms. The summed E-state index contributed by atoms with van der Waals surface area (Å²) >= 11 is 0. The van der Waals surface area contributed by atoms with E-state index in [1.807, 2.05) is 76.5 Å². The highest BCUT2D eigenvalue weighted by Crippen LogP contribution is 2.31. The molecule has 1 amide bonds. The first-order valence-electron chi connectivity index (χ1n) is 11.2. The zero-order valence-corrected chi connectivity index (χ0v) is 19.8. The van der Waals surface area contributed by atoms with Crippen LogP contribution in [0.5, 0.6) is 11.5 Å². The van der Waals surface area contributed by atoms with E-state index < -0.39 is 0 Å². The molecule has 5 nitrogen and oxygen atoms in total. The van der Waals surface area contributed by atoms with Crippen LogP contribution in [0.3, 0.4) is 0 Å². The number of benzene rings is 3. The minimum Gasteiger partial charge on any atom is -0.508 e. The summed E-state index contributed by atoms with van der Waals surface area (Å²) in [6, 6.07) is 22.3. The largest absolute Gasteiger partial charge is 0.508 e. The lowest BCUT2D eigenvalue weighted by molar-refractivity contribution is -0.111.